The molecule has 0 unspecified atom stereocenters. The van der Waals surface area contributed by atoms with Crippen molar-refractivity contribution in [3.8, 4) is 0 Å². The van der Waals surface area contributed by atoms with E-state index in [1.165, 1.54) is 4.90 Å². The molecule has 3 rings (SSSR count). The zero-order valence-corrected chi connectivity index (χ0v) is 15.9. The van der Waals surface area contributed by atoms with Gasteiger partial charge in [0.1, 0.15) is 5.88 Å². The second kappa shape index (κ2) is 6.11. The Labute approximate surface area is 149 Å². The van der Waals surface area contributed by atoms with Crippen LogP contribution < -0.4 is 5.46 Å². The van der Waals surface area contributed by atoms with Gasteiger partial charge in [-0.2, -0.15) is 0 Å². The summed E-state index contributed by atoms with van der Waals surface area (Å²) in [4.78, 5) is 13.3. The van der Waals surface area contributed by atoms with E-state index in [4.69, 9.17) is 9.31 Å². The maximum absolute atomic E-state index is 12.5. The zero-order valence-electron chi connectivity index (χ0n) is 15.1. The van der Waals surface area contributed by atoms with Crippen LogP contribution in [0.1, 0.15) is 40.5 Å². The third kappa shape index (κ3) is 3.48. The van der Waals surface area contributed by atoms with Gasteiger partial charge in [0.05, 0.1) is 16.1 Å². The number of rotatable bonds is 4. The summed E-state index contributed by atoms with van der Waals surface area (Å²) in [5.41, 5.74) is -0.119. The van der Waals surface area contributed by atoms with Crippen LogP contribution in [0.5, 0.6) is 0 Å². The molecule has 0 N–H and O–H groups in total. The maximum Gasteiger partial charge on any atom is 0.494 e. The van der Waals surface area contributed by atoms with Crippen LogP contribution in [-0.2, 0) is 23.9 Å². The van der Waals surface area contributed by atoms with Crippen LogP contribution in [0.15, 0.2) is 29.2 Å². The molecule has 2 heterocycles. The maximum atomic E-state index is 12.5. The summed E-state index contributed by atoms with van der Waals surface area (Å²) in [6.07, 6.45) is 1.14. The molecular weight excluding hydrogens is 341 g/mol. The van der Waals surface area contributed by atoms with Gasteiger partial charge in [0, 0.05) is 13.0 Å². The molecule has 0 aromatic heterocycles. The minimum Gasteiger partial charge on any atom is -0.399 e. The topological polar surface area (TPSA) is 72.9 Å². The number of likely N-dealkylation sites (tertiary alicyclic amines) is 1. The molecule has 0 saturated carbocycles. The highest BCUT2D eigenvalue weighted by Crippen LogP contribution is 2.36. The molecule has 2 aliphatic heterocycles. The van der Waals surface area contributed by atoms with Crippen LogP contribution in [0.25, 0.3) is 0 Å². The molecule has 2 saturated heterocycles. The number of hydrogen-bond acceptors (Lipinski definition) is 5. The van der Waals surface area contributed by atoms with Gasteiger partial charge in [-0.05, 0) is 51.7 Å². The Morgan fingerprint density at radius 3 is 2.12 bits per heavy atom. The lowest BCUT2D eigenvalue weighted by atomic mass is 9.79. The van der Waals surface area contributed by atoms with Crippen molar-refractivity contribution in [1.82, 2.24) is 4.90 Å². The Morgan fingerprint density at radius 1 is 1.08 bits per heavy atom. The van der Waals surface area contributed by atoms with E-state index in [0.717, 1.165) is 11.9 Å². The highest BCUT2D eigenvalue weighted by atomic mass is 32.2. The van der Waals surface area contributed by atoms with Crippen molar-refractivity contribution < 1.29 is 22.5 Å². The molecule has 6 nitrogen and oxygen atoms in total. The third-order valence-electron chi connectivity index (χ3n) is 5.26. The van der Waals surface area contributed by atoms with Crippen molar-refractivity contribution in [3.05, 3.63) is 24.3 Å². The molecule has 1 aromatic carbocycles. The molecule has 2 aliphatic rings. The summed E-state index contributed by atoms with van der Waals surface area (Å²) in [6, 6.07) is 6.52. The van der Waals surface area contributed by atoms with Crippen LogP contribution in [-0.4, -0.2) is 50.0 Å². The summed E-state index contributed by atoms with van der Waals surface area (Å²) in [7, 11) is -4.07. The summed E-state index contributed by atoms with van der Waals surface area (Å²) < 4.78 is 37.0. The molecular formula is C17H24BNO5S. The lowest BCUT2D eigenvalue weighted by molar-refractivity contribution is -0.126. The number of benzene rings is 1. The highest BCUT2D eigenvalue weighted by molar-refractivity contribution is 7.91. The molecule has 0 radical (unpaired) electrons. The van der Waals surface area contributed by atoms with E-state index >= 15 is 0 Å². The first kappa shape index (κ1) is 18.4. The van der Waals surface area contributed by atoms with Crippen molar-refractivity contribution in [2.24, 2.45) is 0 Å². The number of carbonyl (C=O) groups is 1. The Kier molecular flexibility index (Phi) is 4.50. The van der Waals surface area contributed by atoms with Crippen molar-refractivity contribution in [2.75, 3.05) is 12.4 Å². The number of nitrogens with zero attached hydrogens (tertiary/aromatic N) is 1. The third-order valence-corrected chi connectivity index (χ3v) is 6.90. The number of sulfone groups is 1. The second-order valence-electron chi connectivity index (χ2n) is 7.66. The first-order valence-corrected chi connectivity index (χ1v) is 10.1. The Bertz CT molecular complexity index is 757. The standard InChI is InChI=1S/C17H24BNO5S/c1-16(2)17(3,4)24-18(23-16)13-7-9-14(10-8-13)25(21,22)12-19-11-5-6-15(19)20/h7-10H,5-6,11-12H2,1-4H3. The molecule has 1 aromatic rings. The normalized spacial score (nSPS) is 22.6. The lowest BCUT2D eigenvalue weighted by Crippen LogP contribution is -2.41. The van der Waals surface area contributed by atoms with Crippen molar-refractivity contribution in [3.63, 3.8) is 0 Å². The van der Waals surface area contributed by atoms with Gasteiger partial charge in [0.15, 0.2) is 9.84 Å². The highest BCUT2D eigenvalue weighted by Gasteiger charge is 2.51. The van der Waals surface area contributed by atoms with Gasteiger partial charge in [-0.25, -0.2) is 8.42 Å². The predicted octanol–water partition coefficient (Wildman–Crippen LogP) is 1.34. The van der Waals surface area contributed by atoms with Gasteiger partial charge in [-0.1, -0.05) is 12.1 Å². The predicted molar refractivity (Wildman–Crippen MR) is 95.2 cm³/mol. The van der Waals surface area contributed by atoms with Crippen LogP contribution in [0.3, 0.4) is 0 Å². The van der Waals surface area contributed by atoms with Crippen LogP contribution >= 0.6 is 0 Å². The number of amides is 1. The summed E-state index contributed by atoms with van der Waals surface area (Å²) in [6.45, 7) is 8.39. The number of carbonyl (C=O) groups excluding carboxylic acids is 1. The minimum atomic E-state index is -3.54. The van der Waals surface area contributed by atoms with Crippen molar-refractivity contribution in [2.45, 2.75) is 56.6 Å². The lowest BCUT2D eigenvalue weighted by Gasteiger charge is -2.32. The Hall–Kier alpha value is -1.38. The number of hydrogen-bond donors (Lipinski definition) is 0. The van der Waals surface area contributed by atoms with Gasteiger partial charge >= 0.3 is 7.12 Å². The molecule has 0 bridgehead atoms. The van der Waals surface area contributed by atoms with Gasteiger partial charge in [0.2, 0.25) is 5.91 Å². The second-order valence-corrected chi connectivity index (χ2v) is 9.62. The SMILES string of the molecule is CC1(C)OB(c2ccc(S(=O)(=O)CN3CCCC3=O)cc2)OC1(C)C. The smallest absolute Gasteiger partial charge is 0.399 e. The fourth-order valence-corrected chi connectivity index (χ4v) is 4.31. The molecule has 1 amide bonds. The van der Waals surface area contributed by atoms with E-state index in [2.05, 4.69) is 0 Å². The average molecular weight is 365 g/mol. The molecule has 136 valence electrons. The zero-order chi connectivity index (χ0) is 18.5. The van der Waals surface area contributed by atoms with E-state index < -0.39 is 28.2 Å². The van der Waals surface area contributed by atoms with Crippen molar-refractivity contribution >= 4 is 28.3 Å². The van der Waals surface area contributed by atoms with Crippen LogP contribution in [0.4, 0.5) is 0 Å². The Morgan fingerprint density at radius 2 is 1.64 bits per heavy atom. The molecule has 0 atom stereocenters. The summed E-state index contributed by atoms with van der Waals surface area (Å²) >= 11 is 0. The van der Waals surface area contributed by atoms with Gasteiger partial charge in [-0.3, -0.25) is 4.79 Å². The van der Waals surface area contributed by atoms with E-state index in [1.54, 1.807) is 24.3 Å². The first-order chi connectivity index (χ1) is 11.5. The van der Waals surface area contributed by atoms with E-state index in [0.29, 0.717) is 13.0 Å². The van der Waals surface area contributed by atoms with E-state index in [9.17, 15) is 13.2 Å². The molecule has 2 fully saturated rings. The Balaban J connectivity index is 1.75. The molecule has 8 heteroatoms. The quantitative estimate of drug-likeness (QED) is 0.753. The molecule has 0 aliphatic carbocycles. The molecule has 0 spiro atoms. The van der Waals surface area contributed by atoms with E-state index in [-0.39, 0.29) is 16.7 Å². The van der Waals surface area contributed by atoms with Crippen molar-refractivity contribution in [1.29, 1.82) is 0 Å². The molecule has 25 heavy (non-hydrogen) atoms. The average Bonchev–Trinajstić information content (AvgIpc) is 2.99. The van der Waals surface area contributed by atoms with E-state index in [1.807, 2.05) is 27.7 Å². The monoisotopic (exact) mass is 365 g/mol. The fourth-order valence-electron chi connectivity index (χ4n) is 2.93. The van der Waals surface area contributed by atoms with Gasteiger partial charge in [0.25, 0.3) is 0 Å². The fraction of sp³-hybridized carbons (Fsp3) is 0.588. The largest absolute Gasteiger partial charge is 0.494 e. The minimum absolute atomic E-state index is 0.0996. The summed E-state index contributed by atoms with van der Waals surface area (Å²) in [5, 5.41) is 0. The van der Waals surface area contributed by atoms with Gasteiger partial charge < -0.3 is 14.2 Å². The summed E-state index contributed by atoms with van der Waals surface area (Å²) in [5.74, 6) is -0.362. The van der Waals surface area contributed by atoms with Crippen LogP contribution in [0, 0.1) is 0 Å². The van der Waals surface area contributed by atoms with Crippen LogP contribution in [0.2, 0.25) is 0 Å². The first-order valence-electron chi connectivity index (χ1n) is 8.48. The van der Waals surface area contributed by atoms with Gasteiger partial charge in [-0.15, -0.1) is 0 Å².